The molecular weight excluding hydrogens is 454 g/mol. The van der Waals surface area contributed by atoms with Gasteiger partial charge in [-0.15, -0.1) is 11.3 Å². The first kappa shape index (κ1) is 22.0. The highest BCUT2D eigenvalue weighted by molar-refractivity contribution is 8.00. The maximum Gasteiger partial charge on any atom is 0.236 e. The second-order valence-electron chi connectivity index (χ2n) is 7.59. The topological polar surface area (TPSA) is 80.2 Å². The van der Waals surface area contributed by atoms with E-state index in [0.717, 1.165) is 59.3 Å². The van der Waals surface area contributed by atoms with E-state index in [0.29, 0.717) is 11.7 Å². The van der Waals surface area contributed by atoms with Crippen molar-refractivity contribution in [3.05, 3.63) is 65.8 Å². The minimum absolute atomic E-state index is 0.105. The maximum absolute atomic E-state index is 12.6. The molecule has 1 saturated heterocycles. The fourth-order valence-electron chi connectivity index (χ4n) is 3.60. The number of morpholine rings is 1. The normalized spacial score (nSPS) is 14.4. The standard InChI is InChI=1S/C24H23N5O2S2/c30-22(28-24-26-20(15-33-24)17-6-2-1-3-7-17)16-32-23-18-8-4-5-9-19(18)25-21(27-23)14-29-10-12-31-13-11-29/h1-9,15H,10-14,16H2,(H,26,28,30). The van der Waals surface area contributed by atoms with E-state index >= 15 is 0 Å². The number of hydrogen-bond acceptors (Lipinski definition) is 8. The molecule has 168 valence electrons. The molecule has 0 radical (unpaired) electrons. The second-order valence-corrected chi connectivity index (χ2v) is 9.41. The molecule has 33 heavy (non-hydrogen) atoms. The van der Waals surface area contributed by atoms with E-state index in [2.05, 4.69) is 15.2 Å². The molecule has 7 nitrogen and oxygen atoms in total. The van der Waals surface area contributed by atoms with Crippen molar-refractivity contribution in [3.63, 3.8) is 0 Å². The number of ether oxygens (including phenoxy) is 1. The molecule has 1 amide bonds. The number of fused-ring (bicyclic) bond motifs is 1. The van der Waals surface area contributed by atoms with Crippen molar-refractivity contribution in [3.8, 4) is 11.3 Å². The lowest BCUT2D eigenvalue weighted by Gasteiger charge is -2.25. The molecule has 0 spiro atoms. The number of para-hydroxylation sites is 1. The summed E-state index contributed by atoms with van der Waals surface area (Å²) in [5.74, 6) is 0.912. The Morgan fingerprint density at radius 1 is 1.03 bits per heavy atom. The molecule has 1 fully saturated rings. The fourth-order valence-corrected chi connectivity index (χ4v) is 5.17. The SMILES string of the molecule is O=C(CSc1nc(CN2CCOCC2)nc2ccccc12)Nc1nc(-c2ccccc2)cs1. The van der Waals surface area contributed by atoms with Crippen LogP contribution in [0.5, 0.6) is 0 Å². The van der Waals surface area contributed by atoms with Crippen LogP contribution >= 0.6 is 23.1 Å². The Hall–Kier alpha value is -2.85. The Morgan fingerprint density at radius 2 is 1.82 bits per heavy atom. The van der Waals surface area contributed by atoms with E-state index in [1.807, 2.05) is 60.0 Å². The zero-order valence-corrected chi connectivity index (χ0v) is 19.6. The van der Waals surface area contributed by atoms with Gasteiger partial charge in [0, 0.05) is 29.4 Å². The Balaban J connectivity index is 1.26. The molecule has 0 aliphatic carbocycles. The number of carbonyl (C=O) groups is 1. The van der Waals surface area contributed by atoms with Crippen LogP contribution in [-0.4, -0.2) is 57.8 Å². The van der Waals surface area contributed by atoms with Gasteiger partial charge in [0.05, 0.1) is 36.7 Å². The van der Waals surface area contributed by atoms with Gasteiger partial charge in [-0.2, -0.15) is 0 Å². The summed E-state index contributed by atoms with van der Waals surface area (Å²) < 4.78 is 5.44. The highest BCUT2D eigenvalue weighted by atomic mass is 32.2. The van der Waals surface area contributed by atoms with Gasteiger partial charge in [0.2, 0.25) is 5.91 Å². The van der Waals surface area contributed by atoms with Crippen molar-refractivity contribution in [1.29, 1.82) is 0 Å². The van der Waals surface area contributed by atoms with E-state index in [1.165, 1.54) is 23.1 Å². The third-order valence-corrected chi connectivity index (χ3v) is 6.99. The number of rotatable bonds is 7. The van der Waals surface area contributed by atoms with Crippen molar-refractivity contribution in [2.45, 2.75) is 11.6 Å². The van der Waals surface area contributed by atoms with E-state index in [4.69, 9.17) is 14.7 Å². The molecule has 0 saturated carbocycles. The summed E-state index contributed by atoms with van der Waals surface area (Å²) in [4.78, 5) is 29.0. The smallest absolute Gasteiger partial charge is 0.236 e. The van der Waals surface area contributed by atoms with E-state index in [1.54, 1.807) is 0 Å². The van der Waals surface area contributed by atoms with Crippen LogP contribution in [0, 0.1) is 0 Å². The highest BCUT2D eigenvalue weighted by Crippen LogP contribution is 2.27. The van der Waals surface area contributed by atoms with Gasteiger partial charge in [0.15, 0.2) is 5.13 Å². The third-order valence-electron chi connectivity index (χ3n) is 5.24. The Labute approximate surface area is 200 Å². The minimum atomic E-state index is -0.105. The summed E-state index contributed by atoms with van der Waals surface area (Å²) in [5.41, 5.74) is 2.79. The molecule has 0 unspecified atom stereocenters. The predicted octanol–water partition coefficient (Wildman–Crippen LogP) is 4.32. The van der Waals surface area contributed by atoms with Crippen LogP contribution in [-0.2, 0) is 16.1 Å². The molecule has 3 heterocycles. The lowest BCUT2D eigenvalue weighted by Crippen LogP contribution is -2.36. The lowest BCUT2D eigenvalue weighted by atomic mass is 10.2. The fraction of sp³-hybridized carbons (Fsp3) is 0.250. The van der Waals surface area contributed by atoms with Gasteiger partial charge in [-0.25, -0.2) is 15.0 Å². The van der Waals surface area contributed by atoms with Crippen molar-refractivity contribution in [1.82, 2.24) is 19.9 Å². The lowest BCUT2D eigenvalue weighted by molar-refractivity contribution is -0.113. The minimum Gasteiger partial charge on any atom is -0.379 e. The molecular formula is C24H23N5O2S2. The first-order valence-corrected chi connectivity index (χ1v) is 12.6. The highest BCUT2D eigenvalue weighted by Gasteiger charge is 2.16. The average Bonchev–Trinajstić information content (AvgIpc) is 3.32. The molecule has 1 aliphatic rings. The van der Waals surface area contributed by atoms with Gasteiger partial charge in [0.1, 0.15) is 10.9 Å². The summed E-state index contributed by atoms with van der Waals surface area (Å²) >= 11 is 2.85. The molecule has 1 aliphatic heterocycles. The Bertz CT molecular complexity index is 1240. The number of anilines is 1. The van der Waals surface area contributed by atoms with Crippen molar-refractivity contribution in [2.24, 2.45) is 0 Å². The third kappa shape index (κ3) is 5.56. The Morgan fingerprint density at radius 3 is 2.67 bits per heavy atom. The molecule has 0 atom stereocenters. The number of carbonyl (C=O) groups excluding carboxylic acids is 1. The zero-order valence-electron chi connectivity index (χ0n) is 17.9. The number of nitrogens with zero attached hydrogens (tertiary/aromatic N) is 4. The number of benzene rings is 2. The van der Waals surface area contributed by atoms with Gasteiger partial charge >= 0.3 is 0 Å². The predicted molar refractivity (Wildman–Crippen MR) is 133 cm³/mol. The number of nitrogens with one attached hydrogen (secondary N) is 1. The monoisotopic (exact) mass is 477 g/mol. The average molecular weight is 478 g/mol. The number of thiazole rings is 1. The quantitative estimate of drug-likeness (QED) is 0.314. The summed E-state index contributed by atoms with van der Waals surface area (Å²) in [7, 11) is 0. The van der Waals surface area contributed by atoms with Gasteiger partial charge < -0.3 is 10.1 Å². The summed E-state index contributed by atoms with van der Waals surface area (Å²) in [5, 5.41) is 7.24. The van der Waals surface area contributed by atoms with Crippen molar-refractivity contribution >= 4 is 45.0 Å². The zero-order chi connectivity index (χ0) is 22.5. The van der Waals surface area contributed by atoms with Crippen LogP contribution in [0.25, 0.3) is 22.2 Å². The first-order valence-electron chi connectivity index (χ1n) is 10.7. The maximum atomic E-state index is 12.6. The van der Waals surface area contributed by atoms with Crippen LogP contribution < -0.4 is 5.32 Å². The molecule has 1 N–H and O–H groups in total. The van der Waals surface area contributed by atoms with Crippen LogP contribution in [0.15, 0.2) is 65.0 Å². The van der Waals surface area contributed by atoms with Crippen LogP contribution in [0.2, 0.25) is 0 Å². The Kier molecular flexibility index (Phi) is 6.92. The van der Waals surface area contributed by atoms with Crippen LogP contribution in [0.1, 0.15) is 5.82 Å². The van der Waals surface area contributed by atoms with Gasteiger partial charge in [0.25, 0.3) is 0 Å². The van der Waals surface area contributed by atoms with Crippen molar-refractivity contribution < 1.29 is 9.53 Å². The number of aromatic nitrogens is 3. The van der Waals surface area contributed by atoms with E-state index < -0.39 is 0 Å². The first-order chi connectivity index (χ1) is 16.2. The van der Waals surface area contributed by atoms with Crippen LogP contribution in [0.3, 0.4) is 0 Å². The van der Waals surface area contributed by atoms with Crippen molar-refractivity contribution in [2.75, 3.05) is 37.4 Å². The summed E-state index contributed by atoms with van der Waals surface area (Å²) in [6, 6.07) is 17.9. The van der Waals surface area contributed by atoms with E-state index in [-0.39, 0.29) is 11.7 Å². The summed E-state index contributed by atoms with van der Waals surface area (Å²) in [6.07, 6.45) is 0. The molecule has 4 aromatic rings. The molecule has 0 bridgehead atoms. The molecule has 2 aromatic heterocycles. The largest absolute Gasteiger partial charge is 0.379 e. The summed E-state index contributed by atoms with van der Waals surface area (Å²) in [6.45, 7) is 3.89. The van der Waals surface area contributed by atoms with Gasteiger partial charge in [-0.05, 0) is 6.07 Å². The van der Waals surface area contributed by atoms with Crippen LogP contribution in [0.4, 0.5) is 5.13 Å². The second kappa shape index (κ2) is 10.4. The number of amides is 1. The molecule has 2 aromatic carbocycles. The molecule has 9 heteroatoms. The van der Waals surface area contributed by atoms with E-state index in [9.17, 15) is 4.79 Å². The number of thioether (sulfide) groups is 1. The van der Waals surface area contributed by atoms with Gasteiger partial charge in [-0.3, -0.25) is 9.69 Å². The molecule has 5 rings (SSSR count). The number of hydrogen-bond donors (Lipinski definition) is 1. The van der Waals surface area contributed by atoms with Gasteiger partial charge in [-0.1, -0.05) is 60.3 Å².